The number of rotatable bonds is 9. The molecule has 1 aromatic carbocycles. The number of benzene rings is 1. The molecule has 1 aliphatic rings. The lowest BCUT2D eigenvalue weighted by Gasteiger charge is -2.09. The molecule has 0 amide bonds. The van der Waals surface area contributed by atoms with Crippen LogP contribution in [-0.2, 0) is 13.0 Å². The molecule has 1 aliphatic carbocycles. The minimum absolute atomic E-state index is 0.330. The number of hydrogen-bond donors (Lipinski definition) is 3. The Hall–Kier alpha value is -2.14. The molecule has 0 unspecified atom stereocenters. The summed E-state index contributed by atoms with van der Waals surface area (Å²) in [6.07, 6.45) is 5.69. The molecule has 1 fully saturated rings. The summed E-state index contributed by atoms with van der Waals surface area (Å²) in [5.74, 6) is 1.15. The minimum atomic E-state index is 0.330. The second kappa shape index (κ2) is 8.11. The number of hydrogen-bond acceptors (Lipinski definition) is 5. The minimum Gasteiger partial charge on any atom is -0.370 e. The van der Waals surface area contributed by atoms with E-state index in [-0.39, 0.29) is 0 Å². The molecule has 0 spiro atoms. The second-order valence-corrected chi connectivity index (χ2v) is 6.53. The smallest absolute Gasteiger partial charge is 0.222 e. The molecule has 0 aliphatic heterocycles. The summed E-state index contributed by atoms with van der Waals surface area (Å²) in [5.41, 5.74) is 9.36. The molecule has 3 rings (SSSR count). The highest BCUT2D eigenvalue weighted by atomic mass is 15.1. The first-order valence-corrected chi connectivity index (χ1v) is 8.91. The van der Waals surface area contributed by atoms with E-state index in [1.807, 2.05) is 6.07 Å². The van der Waals surface area contributed by atoms with Gasteiger partial charge in [-0.25, -0.2) is 4.98 Å². The fourth-order valence-electron chi connectivity index (χ4n) is 2.63. The summed E-state index contributed by atoms with van der Waals surface area (Å²) in [6.45, 7) is 4.04. The van der Waals surface area contributed by atoms with Crippen LogP contribution in [0.4, 0.5) is 11.8 Å². The maximum atomic E-state index is 5.84. The number of unbranched alkanes of at least 4 members (excludes halogenated alkanes) is 1. The van der Waals surface area contributed by atoms with Crippen molar-refractivity contribution in [3.63, 3.8) is 0 Å². The quantitative estimate of drug-likeness (QED) is 0.618. The van der Waals surface area contributed by atoms with Crippen LogP contribution in [0.25, 0.3) is 0 Å². The normalized spacial score (nSPS) is 13.9. The molecule has 0 bridgehead atoms. The number of nitrogens with one attached hydrogen (secondary N) is 2. The van der Waals surface area contributed by atoms with Gasteiger partial charge in [0.25, 0.3) is 0 Å². The number of anilines is 2. The van der Waals surface area contributed by atoms with Gasteiger partial charge in [-0.3, -0.25) is 0 Å². The predicted molar refractivity (Wildman–Crippen MR) is 99.0 cm³/mol. The molecule has 0 atom stereocenters. The highest BCUT2D eigenvalue weighted by molar-refractivity contribution is 5.41. The SMILES string of the molecule is CCCCNc1cc(Cc2ccc(CNC3CC3)cc2)nc(N)n1. The first-order chi connectivity index (χ1) is 11.7. The van der Waals surface area contributed by atoms with Crippen LogP contribution in [0.15, 0.2) is 30.3 Å². The highest BCUT2D eigenvalue weighted by Crippen LogP contribution is 2.19. The van der Waals surface area contributed by atoms with Crippen LogP contribution in [0.3, 0.4) is 0 Å². The molecule has 2 aromatic rings. The molecule has 1 aromatic heterocycles. The molecule has 5 nitrogen and oxygen atoms in total. The molecule has 5 heteroatoms. The Bertz CT molecular complexity index is 649. The van der Waals surface area contributed by atoms with Crippen molar-refractivity contribution >= 4 is 11.8 Å². The average molecular weight is 325 g/mol. The highest BCUT2D eigenvalue weighted by Gasteiger charge is 2.19. The summed E-state index contributed by atoms with van der Waals surface area (Å²) in [7, 11) is 0. The van der Waals surface area contributed by atoms with E-state index in [9.17, 15) is 0 Å². The second-order valence-electron chi connectivity index (χ2n) is 6.53. The number of aromatic nitrogens is 2. The Morgan fingerprint density at radius 3 is 2.58 bits per heavy atom. The largest absolute Gasteiger partial charge is 0.370 e. The summed E-state index contributed by atoms with van der Waals surface area (Å²) in [4.78, 5) is 8.62. The molecular weight excluding hydrogens is 298 g/mol. The summed E-state index contributed by atoms with van der Waals surface area (Å²) >= 11 is 0. The fraction of sp³-hybridized carbons (Fsp3) is 0.474. The van der Waals surface area contributed by atoms with E-state index in [0.717, 1.165) is 49.9 Å². The lowest BCUT2D eigenvalue weighted by molar-refractivity contribution is 0.687. The van der Waals surface area contributed by atoms with Gasteiger partial charge in [0.2, 0.25) is 5.95 Å². The van der Waals surface area contributed by atoms with Gasteiger partial charge < -0.3 is 16.4 Å². The third-order valence-corrected chi connectivity index (χ3v) is 4.21. The van der Waals surface area contributed by atoms with Crippen LogP contribution in [0, 0.1) is 0 Å². The zero-order chi connectivity index (χ0) is 16.8. The summed E-state index contributed by atoms with van der Waals surface area (Å²) < 4.78 is 0. The van der Waals surface area contributed by atoms with Gasteiger partial charge >= 0.3 is 0 Å². The third-order valence-electron chi connectivity index (χ3n) is 4.21. The van der Waals surface area contributed by atoms with Gasteiger partial charge in [-0.2, -0.15) is 4.98 Å². The van der Waals surface area contributed by atoms with Crippen molar-refractivity contribution in [1.82, 2.24) is 15.3 Å². The van der Waals surface area contributed by atoms with Crippen molar-refractivity contribution in [2.75, 3.05) is 17.6 Å². The molecule has 0 saturated heterocycles. The van der Waals surface area contributed by atoms with E-state index in [1.54, 1.807) is 0 Å². The monoisotopic (exact) mass is 325 g/mol. The van der Waals surface area contributed by atoms with Crippen molar-refractivity contribution in [3.8, 4) is 0 Å². The lowest BCUT2D eigenvalue weighted by Crippen LogP contribution is -2.15. The lowest BCUT2D eigenvalue weighted by atomic mass is 10.1. The first-order valence-electron chi connectivity index (χ1n) is 8.91. The van der Waals surface area contributed by atoms with Crippen molar-refractivity contribution in [3.05, 3.63) is 47.2 Å². The Morgan fingerprint density at radius 1 is 1.12 bits per heavy atom. The van der Waals surface area contributed by atoms with Crippen molar-refractivity contribution in [2.45, 2.75) is 51.6 Å². The van der Waals surface area contributed by atoms with E-state index in [0.29, 0.717) is 5.95 Å². The van der Waals surface area contributed by atoms with Crippen LogP contribution >= 0.6 is 0 Å². The van der Waals surface area contributed by atoms with Crippen LogP contribution < -0.4 is 16.4 Å². The van der Waals surface area contributed by atoms with E-state index >= 15 is 0 Å². The molecule has 128 valence electrons. The van der Waals surface area contributed by atoms with E-state index < -0.39 is 0 Å². The molecule has 0 radical (unpaired) electrons. The molecule has 24 heavy (non-hydrogen) atoms. The maximum Gasteiger partial charge on any atom is 0.222 e. The Morgan fingerprint density at radius 2 is 1.88 bits per heavy atom. The van der Waals surface area contributed by atoms with Crippen molar-refractivity contribution < 1.29 is 0 Å². The summed E-state index contributed by atoms with van der Waals surface area (Å²) in [5, 5.41) is 6.85. The zero-order valence-electron chi connectivity index (χ0n) is 14.4. The number of nitrogens with two attached hydrogens (primary N) is 1. The zero-order valence-corrected chi connectivity index (χ0v) is 14.4. The van der Waals surface area contributed by atoms with Gasteiger partial charge in [0, 0.05) is 31.6 Å². The van der Waals surface area contributed by atoms with Crippen molar-refractivity contribution in [1.29, 1.82) is 0 Å². The maximum absolute atomic E-state index is 5.84. The average Bonchev–Trinajstić information content (AvgIpc) is 3.38. The van der Waals surface area contributed by atoms with Gasteiger partial charge in [0.15, 0.2) is 0 Å². The third kappa shape index (κ3) is 5.20. The van der Waals surface area contributed by atoms with Crippen LogP contribution in [0.1, 0.15) is 49.4 Å². The van der Waals surface area contributed by atoms with Crippen LogP contribution in [0.5, 0.6) is 0 Å². The van der Waals surface area contributed by atoms with E-state index in [1.165, 1.54) is 24.0 Å². The van der Waals surface area contributed by atoms with Crippen LogP contribution in [0.2, 0.25) is 0 Å². The van der Waals surface area contributed by atoms with Gasteiger partial charge in [-0.15, -0.1) is 0 Å². The number of nitrogens with zero attached hydrogens (tertiary/aromatic N) is 2. The number of nitrogen functional groups attached to an aromatic ring is 1. The van der Waals surface area contributed by atoms with Crippen molar-refractivity contribution in [2.24, 2.45) is 0 Å². The Labute approximate surface area is 144 Å². The molecule has 1 heterocycles. The Kier molecular flexibility index (Phi) is 5.64. The van der Waals surface area contributed by atoms with Gasteiger partial charge in [0.1, 0.15) is 5.82 Å². The van der Waals surface area contributed by atoms with E-state index in [4.69, 9.17) is 5.73 Å². The topological polar surface area (TPSA) is 75.9 Å². The molecule has 1 saturated carbocycles. The predicted octanol–water partition coefficient (Wildman–Crippen LogP) is 3.11. The fourth-order valence-corrected chi connectivity index (χ4v) is 2.63. The van der Waals surface area contributed by atoms with Crippen LogP contribution in [-0.4, -0.2) is 22.6 Å². The molecular formula is C19H27N5. The standard InChI is InChI=1S/C19H27N5/c1-2-3-10-21-18-12-17(23-19(20)24-18)11-14-4-6-15(7-5-14)13-22-16-8-9-16/h4-7,12,16,22H,2-3,8-11,13H2,1H3,(H3,20,21,23,24). The van der Waals surface area contributed by atoms with Gasteiger partial charge in [-0.05, 0) is 30.4 Å². The van der Waals surface area contributed by atoms with Gasteiger partial charge in [0.05, 0.1) is 5.69 Å². The molecule has 4 N–H and O–H groups in total. The Balaban J connectivity index is 1.59. The first kappa shape index (κ1) is 16.7. The summed E-state index contributed by atoms with van der Waals surface area (Å²) in [6, 6.07) is 11.5. The van der Waals surface area contributed by atoms with Gasteiger partial charge in [-0.1, -0.05) is 37.6 Å². The van der Waals surface area contributed by atoms with E-state index in [2.05, 4.69) is 51.8 Å².